The molecule has 96 valence electrons. The van der Waals surface area contributed by atoms with Crippen LogP contribution in [0.1, 0.15) is 6.42 Å². The van der Waals surface area contributed by atoms with E-state index in [1.54, 1.807) is 11.3 Å². The second-order valence-corrected chi connectivity index (χ2v) is 4.73. The highest BCUT2D eigenvalue weighted by atomic mass is 32.1. The molecule has 0 aliphatic heterocycles. The van der Waals surface area contributed by atoms with E-state index in [2.05, 4.69) is 16.9 Å². The minimum absolute atomic E-state index is 0.655. The number of nitrogens with zero attached hydrogens (tertiary/aromatic N) is 1. The zero-order valence-electron chi connectivity index (χ0n) is 10.2. The zero-order valence-corrected chi connectivity index (χ0v) is 11.0. The summed E-state index contributed by atoms with van der Waals surface area (Å²) in [5, 5.41) is 3.26. The Hall–Kier alpha value is -1.59. The van der Waals surface area contributed by atoms with Gasteiger partial charge in [0.15, 0.2) is 0 Å². The molecule has 0 atom stereocenters. The molecule has 2 aromatic rings. The molecule has 18 heavy (non-hydrogen) atoms. The highest BCUT2D eigenvalue weighted by molar-refractivity contribution is 7.16. The molecular formula is C13H17N3OS. The Kier molecular flexibility index (Phi) is 4.55. The number of rotatable bonds is 7. The van der Waals surface area contributed by atoms with Gasteiger partial charge in [0.2, 0.25) is 0 Å². The van der Waals surface area contributed by atoms with Crippen LogP contribution in [0.4, 0.5) is 11.4 Å². The van der Waals surface area contributed by atoms with E-state index >= 15 is 0 Å². The molecule has 1 aromatic carbocycles. The van der Waals surface area contributed by atoms with Gasteiger partial charge in [-0.2, -0.15) is 0 Å². The first-order valence-corrected chi connectivity index (χ1v) is 6.75. The molecule has 0 amide bonds. The normalized spacial score (nSPS) is 10.7. The molecule has 1 aromatic heterocycles. The molecule has 5 heteroatoms. The minimum Gasteiger partial charge on any atom is -0.395 e. The number of anilines is 2. The van der Waals surface area contributed by atoms with Crippen molar-refractivity contribution in [3.05, 3.63) is 30.3 Å². The molecule has 3 N–H and O–H groups in total. The van der Waals surface area contributed by atoms with Crippen LogP contribution in [0.3, 0.4) is 0 Å². The van der Waals surface area contributed by atoms with Crippen LogP contribution in [0.5, 0.6) is 0 Å². The van der Waals surface area contributed by atoms with E-state index in [1.807, 2.05) is 23.7 Å². The maximum Gasteiger partial charge on any atom is 0.106 e. The lowest BCUT2D eigenvalue weighted by molar-refractivity contribution is 0.149. The molecule has 0 fully saturated rings. The Morgan fingerprint density at radius 2 is 2.33 bits per heavy atom. The van der Waals surface area contributed by atoms with Gasteiger partial charge in [-0.15, -0.1) is 17.9 Å². The number of fused-ring (bicyclic) bond motifs is 1. The number of benzene rings is 1. The van der Waals surface area contributed by atoms with Crippen LogP contribution in [0.25, 0.3) is 10.2 Å². The van der Waals surface area contributed by atoms with Gasteiger partial charge in [0, 0.05) is 6.54 Å². The quantitative estimate of drug-likeness (QED) is 0.458. The molecule has 0 saturated carbocycles. The Labute approximate surface area is 110 Å². The number of nitrogen functional groups attached to an aromatic ring is 1. The van der Waals surface area contributed by atoms with Crippen molar-refractivity contribution in [3.8, 4) is 0 Å². The SMILES string of the molecule is C=CCCOCCNc1ccc2scnc2c1N. The van der Waals surface area contributed by atoms with Gasteiger partial charge in [0.25, 0.3) is 0 Å². The fourth-order valence-electron chi connectivity index (χ4n) is 1.63. The summed E-state index contributed by atoms with van der Waals surface area (Å²) in [6.07, 6.45) is 2.73. The van der Waals surface area contributed by atoms with Gasteiger partial charge in [0.05, 0.1) is 34.8 Å². The highest BCUT2D eigenvalue weighted by Gasteiger charge is 2.05. The lowest BCUT2D eigenvalue weighted by atomic mass is 10.2. The number of hydrogen-bond acceptors (Lipinski definition) is 5. The molecule has 4 nitrogen and oxygen atoms in total. The van der Waals surface area contributed by atoms with Crippen LogP contribution >= 0.6 is 11.3 Å². The number of hydrogen-bond donors (Lipinski definition) is 2. The van der Waals surface area contributed by atoms with Crippen molar-refractivity contribution in [1.29, 1.82) is 0 Å². The first kappa shape index (κ1) is 12.9. The average Bonchev–Trinajstić information content (AvgIpc) is 2.85. The van der Waals surface area contributed by atoms with Crippen LogP contribution in [0.15, 0.2) is 30.3 Å². The fraction of sp³-hybridized carbons (Fsp3) is 0.308. The van der Waals surface area contributed by atoms with Crippen LogP contribution in [-0.4, -0.2) is 24.7 Å². The van der Waals surface area contributed by atoms with Crippen molar-refractivity contribution in [2.24, 2.45) is 0 Å². The summed E-state index contributed by atoms with van der Waals surface area (Å²) in [5.41, 5.74) is 10.4. The van der Waals surface area contributed by atoms with E-state index in [4.69, 9.17) is 10.5 Å². The topological polar surface area (TPSA) is 60.2 Å². The summed E-state index contributed by atoms with van der Waals surface area (Å²) < 4.78 is 6.53. The van der Waals surface area contributed by atoms with Gasteiger partial charge in [0.1, 0.15) is 5.52 Å². The van der Waals surface area contributed by atoms with Gasteiger partial charge >= 0.3 is 0 Å². The number of ether oxygens (including phenoxy) is 1. The Morgan fingerprint density at radius 1 is 1.44 bits per heavy atom. The van der Waals surface area contributed by atoms with Crippen LogP contribution in [0.2, 0.25) is 0 Å². The van der Waals surface area contributed by atoms with Gasteiger partial charge in [-0.3, -0.25) is 0 Å². The summed E-state index contributed by atoms with van der Waals surface area (Å²) in [7, 11) is 0. The van der Waals surface area contributed by atoms with E-state index in [9.17, 15) is 0 Å². The van der Waals surface area contributed by atoms with Crippen molar-refractivity contribution in [3.63, 3.8) is 0 Å². The van der Waals surface area contributed by atoms with Crippen molar-refractivity contribution >= 4 is 32.9 Å². The second kappa shape index (κ2) is 6.37. The number of nitrogens with two attached hydrogens (primary N) is 1. The molecule has 0 radical (unpaired) electrons. The molecule has 1 heterocycles. The lowest BCUT2D eigenvalue weighted by Gasteiger charge is -2.09. The predicted molar refractivity (Wildman–Crippen MR) is 78.2 cm³/mol. The van der Waals surface area contributed by atoms with Crippen LogP contribution < -0.4 is 11.1 Å². The molecule has 0 saturated heterocycles. The highest BCUT2D eigenvalue weighted by Crippen LogP contribution is 2.29. The summed E-state index contributed by atoms with van der Waals surface area (Å²) in [5.74, 6) is 0. The van der Waals surface area contributed by atoms with E-state index in [0.29, 0.717) is 18.9 Å². The largest absolute Gasteiger partial charge is 0.395 e. The average molecular weight is 263 g/mol. The van der Waals surface area contributed by atoms with E-state index < -0.39 is 0 Å². The molecule has 0 spiro atoms. The summed E-state index contributed by atoms with van der Waals surface area (Å²) in [4.78, 5) is 4.26. The lowest BCUT2D eigenvalue weighted by Crippen LogP contribution is -2.11. The molecule has 0 aliphatic rings. The van der Waals surface area contributed by atoms with Gasteiger partial charge in [-0.25, -0.2) is 4.98 Å². The molecule has 0 bridgehead atoms. The van der Waals surface area contributed by atoms with Crippen LogP contribution in [-0.2, 0) is 4.74 Å². The minimum atomic E-state index is 0.655. The van der Waals surface area contributed by atoms with Gasteiger partial charge in [-0.05, 0) is 18.6 Å². The predicted octanol–water partition coefficient (Wildman–Crippen LogP) is 2.88. The maximum absolute atomic E-state index is 6.05. The van der Waals surface area contributed by atoms with E-state index in [0.717, 1.165) is 28.9 Å². The smallest absolute Gasteiger partial charge is 0.106 e. The van der Waals surface area contributed by atoms with Crippen molar-refractivity contribution in [1.82, 2.24) is 4.98 Å². The molecule has 2 rings (SSSR count). The monoisotopic (exact) mass is 263 g/mol. The summed E-state index contributed by atoms with van der Waals surface area (Å²) in [6, 6.07) is 4.02. The molecule has 0 aliphatic carbocycles. The maximum atomic E-state index is 6.05. The molecular weight excluding hydrogens is 246 g/mol. The van der Waals surface area contributed by atoms with Gasteiger partial charge in [-0.1, -0.05) is 6.08 Å². The standard InChI is InChI=1S/C13H17N3OS/c1-2-3-7-17-8-6-15-10-4-5-11-13(12(10)14)16-9-18-11/h2,4-5,9,15H,1,3,6-8,14H2. The third kappa shape index (κ3) is 3.00. The number of aromatic nitrogens is 1. The van der Waals surface area contributed by atoms with Crippen molar-refractivity contribution in [2.75, 3.05) is 30.8 Å². The molecule has 0 unspecified atom stereocenters. The third-order valence-corrected chi connectivity index (χ3v) is 3.36. The Morgan fingerprint density at radius 3 is 3.17 bits per heavy atom. The third-order valence-electron chi connectivity index (χ3n) is 2.57. The number of nitrogens with one attached hydrogen (secondary N) is 1. The fourth-order valence-corrected chi connectivity index (χ4v) is 2.33. The van der Waals surface area contributed by atoms with Crippen molar-refractivity contribution < 1.29 is 4.74 Å². The Balaban J connectivity index is 1.87. The van der Waals surface area contributed by atoms with Crippen molar-refractivity contribution in [2.45, 2.75) is 6.42 Å². The summed E-state index contributed by atoms with van der Waals surface area (Å²) >= 11 is 1.59. The van der Waals surface area contributed by atoms with Crippen LogP contribution in [0, 0.1) is 0 Å². The van der Waals surface area contributed by atoms with E-state index in [1.165, 1.54) is 0 Å². The second-order valence-electron chi connectivity index (χ2n) is 3.84. The first-order valence-electron chi connectivity index (χ1n) is 5.87. The zero-order chi connectivity index (χ0) is 12.8. The first-order chi connectivity index (χ1) is 8.83. The van der Waals surface area contributed by atoms with Gasteiger partial charge < -0.3 is 15.8 Å². The summed E-state index contributed by atoms with van der Waals surface area (Å²) in [6.45, 7) is 5.75. The van der Waals surface area contributed by atoms with E-state index in [-0.39, 0.29) is 0 Å². The Bertz CT molecular complexity index is 524. The number of thiazole rings is 1.